The van der Waals surface area contributed by atoms with Gasteiger partial charge in [0.1, 0.15) is 6.54 Å². The molecule has 1 N–H and O–H groups in total. The van der Waals surface area contributed by atoms with Crippen LogP contribution in [0.3, 0.4) is 0 Å². The highest BCUT2D eigenvalue weighted by molar-refractivity contribution is 5.80. The van der Waals surface area contributed by atoms with Crippen molar-refractivity contribution in [1.82, 2.24) is 14.9 Å². The molecule has 0 radical (unpaired) electrons. The fourth-order valence-corrected chi connectivity index (χ4v) is 1.90. The molecule has 0 saturated carbocycles. The Morgan fingerprint density at radius 1 is 1.48 bits per heavy atom. The van der Waals surface area contributed by atoms with Gasteiger partial charge in [0, 0.05) is 18.2 Å². The number of nitrogens with one attached hydrogen (secondary N) is 1. The van der Waals surface area contributed by atoms with Gasteiger partial charge in [-0.25, -0.2) is 4.98 Å². The van der Waals surface area contributed by atoms with Crippen molar-refractivity contribution in [3.63, 3.8) is 0 Å². The maximum absolute atomic E-state index is 12.2. The number of nitrogens with zero attached hydrogens (tertiary/aromatic N) is 3. The van der Waals surface area contributed by atoms with Crippen LogP contribution in [0.4, 0.5) is 5.69 Å². The highest BCUT2D eigenvalue weighted by atomic mass is 16.6. The van der Waals surface area contributed by atoms with Crippen LogP contribution in [-0.4, -0.2) is 26.4 Å². The number of carbonyl (C=O) groups is 1. The summed E-state index contributed by atoms with van der Waals surface area (Å²) in [5.74, 6) is -0.296. The summed E-state index contributed by atoms with van der Waals surface area (Å²) in [6.45, 7) is 3.49. The summed E-state index contributed by atoms with van der Waals surface area (Å²) in [7, 11) is 0. The molecule has 8 nitrogen and oxygen atoms in total. The van der Waals surface area contributed by atoms with E-state index in [-0.39, 0.29) is 35.1 Å². The number of benzene rings is 1. The lowest BCUT2D eigenvalue weighted by Gasteiger charge is -2.10. The lowest BCUT2D eigenvalue weighted by molar-refractivity contribution is -0.384. The lowest BCUT2D eigenvalue weighted by Crippen LogP contribution is -2.36. The van der Waals surface area contributed by atoms with Gasteiger partial charge in [0.2, 0.25) is 5.91 Å². The smallest absolute Gasteiger partial charge is 0.271 e. The van der Waals surface area contributed by atoms with Crippen LogP contribution < -0.4 is 10.9 Å². The average molecular weight is 290 g/mol. The molecule has 0 spiro atoms. The van der Waals surface area contributed by atoms with Crippen molar-refractivity contribution < 1.29 is 9.72 Å². The number of nitro groups is 1. The fraction of sp³-hybridized carbons (Fsp3) is 0.308. The Bertz CT molecular complexity index is 766. The van der Waals surface area contributed by atoms with E-state index in [4.69, 9.17) is 0 Å². The Kier molecular flexibility index (Phi) is 3.97. The quantitative estimate of drug-likeness (QED) is 0.663. The number of non-ortho nitro benzene ring substituents is 1. The van der Waals surface area contributed by atoms with Crippen LogP contribution in [0.1, 0.15) is 13.8 Å². The Morgan fingerprint density at radius 3 is 2.81 bits per heavy atom. The van der Waals surface area contributed by atoms with Gasteiger partial charge in [-0.3, -0.25) is 24.3 Å². The summed E-state index contributed by atoms with van der Waals surface area (Å²) >= 11 is 0. The Morgan fingerprint density at radius 2 is 2.19 bits per heavy atom. The van der Waals surface area contributed by atoms with Gasteiger partial charge in [0.05, 0.1) is 22.2 Å². The fourth-order valence-electron chi connectivity index (χ4n) is 1.90. The number of nitro benzene ring substituents is 1. The molecule has 21 heavy (non-hydrogen) atoms. The minimum atomic E-state index is -0.553. The van der Waals surface area contributed by atoms with Crippen molar-refractivity contribution in [3.05, 3.63) is 45.0 Å². The van der Waals surface area contributed by atoms with E-state index < -0.39 is 10.5 Å². The van der Waals surface area contributed by atoms with E-state index in [9.17, 15) is 19.7 Å². The molecule has 0 saturated heterocycles. The third-order valence-corrected chi connectivity index (χ3v) is 2.78. The lowest BCUT2D eigenvalue weighted by atomic mass is 10.2. The summed E-state index contributed by atoms with van der Waals surface area (Å²) in [5, 5.41) is 13.6. The molecule has 2 rings (SSSR count). The number of hydrogen-bond acceptors (Lipinski definition) is 5. The Hall–Kier alpha value is -2.77. The van der Waals surface area contributed by atoms with Gasteiger partial charge in [0.15, 0.2) is 0 Å². The van der Waals surface area contributed by atoms with E-state index in [0.717, 1.165) is 0 Å². The van der Waals surface area contributed by atoms with E-state index in [2.05, 4.69) is 10.3 Å². The minimum absolute atomic E-state index is 0.0238. The van der Waals surface area contributed by atoms with Crippen LogP contribution in [0.2, 0.25) is 0 Å². The van der Waals surface area contributed by atoms with E-state index in [0.29, 0.717) is 0 Å². The van der Waals surface area contributed by atoms with Crippen LogP contribution in [0.5, 0.6) is 0 Å². The molecule has 0 bridgehead atoms. The first-order chi connectivity index (χ1) is 9.88. The maximum Gasteiger partial charge on any atom is 0.271 e. The first kappa shape index (κ1) is 14.6. The van der Waals surface area contributed by atoms with Crippen LogP contribution in [-0.2, 0) is 11.3 Å². The number of carbonyl (C=O) groups excluding carboxylic acids is 1. The predicted molar refractivity (Wildman–Crippen MR) is 75.9 cm³/mol. The summed E-state index contributed by atoms with van der Waals surface area (Å²) in [6, 6.07) is 3.79. The molecule has 0 atom stereocenters. The molecule has 1 aromatic carbocycles. The second-order valence-corrected chi connectivity index (χ2v) is 4.86. The zero-order chi connectivity index (χ0) is 15.6. The van der Waals surface area contributed by atoms with E-state index in [1.807, 2.05) is 13.8 Å². The largest absolute Gasteiger partial charge is 0.352 e. The average Bonchev–Trinajstić information content (AvgIpc) is 2.40. The Balaban J connectivity index is 2.38. The number of fused-ring (bicyclic) bond motifs is 1. The molecule has 1 aromatic heterocycles. The second-order valence-electron chi connectivity index (χ2n) is 4.86. The Labute approximate surface area is 119 Å². The van der Waals surface area contributed by atoms with Crippen LogP contribution >= 0.6 is 0 Å². The molecule has 2 aromatic rings. The highest BCUT2D eigenvalue weighted by Gasteiger charge is 2.12. The summed E-state index contributed by atoms with van der Waals surface area (Å²) in [6.07, 6.45) is 1.22. The van der Waals surface area contributed by atoms with Crippen LogP contribution in [0.15, 0.2) is 29.3 Å². The molecule has 8 heteroatoms. The molecular formula is C13H14N4O4. The van der Waals surface area contributed by atoms with Gasteiger partial charge in [0.25, 0.3) is 11.2 Å². The first-order valence-electron chi connectivity index (χ1n) is 6.31. The van der Waals surface area contributed by atoms with Gasteiger partial charge in [-0.2, -0.15) is 0 Å². The summed E-state index contributed by atoms with van der Waals surface area (Å²) < 4.78 is 1.17. The highest BCUT2D eigenvalue weighted by Crippen LogP contribution is 2.16. The van der Waals surface area contributed by atoms with Gasteiger partial charge in [-0.05, 0) is 19.9 Å². The van der Waals surface area contributed by atoms with Gasteiger partial charge in [-0.15, -0.1) is 0 Å². The molecule has 0 aliphatic rings. The zero-order valence-corrected chi connectivity index (χ0v) is 11.6. The minimum Gasteiger partial charge on any atom is -0.352 e. The number of amides is 1. The summed E-state index contributed by atoms with van der Waals surface area (Å²) in [4.78, 5) is 38.0. The normalized spacial score (nSPS) is 10.8. The third kappa shape index (κ3) is 3.22. The SMILES string of the molecule is CC(C)NC(=O)Cn1cnc2cc([N+](=O)[O-])ccc2c1=O. The molecule has 0 fully saturated rings. The third-order valence-electron chi connectivity index (χ3n) is 2.78. The van der Waals surface area contributed by atoms with E-state index in [1.165, 1.54) is 29.1 Å². The second kappa shape index (κ2) is 5.70. The number of rotatable bonds is 4. The van der Waals surface area contributed by atoms with Crippen molar-refractivity contribution in [1.29, 1.82) is 0 Å². The molecule has 1 amide bonds. The monoisotopic (exact) mass is 290 g/mol. The summed E-state index contributed by atoms with van der Waals surface area (Å²) in [5.41, 5.74) is -0.312. The molecule has 0 unspecified atom stereocenters. The number of aromatic nitrogens is 2. The first-order valence-corrected chi connectivity index (χ1v) is 6.31. The van der Waals surface area contributed by atoms with Gasteiger partial charge in [-0.1, -0.05) is 0 Å². The van der Waals surface area contributed by atoms with E-state index in [1.54, 1.807) is 0 Å². The van der Waals surface area contributed by atoms with Crippen molar-refractivity contribution in [3.8, 4) is 0 Å². The van der Waals surface area contributed by atoms with Crippen molar-refractivity contribution in [2.45, 2.75) is 26.4 Å². The standard InChI is InChI=1S/C13H14N4O4/c1-8(2)15-12(18)6-16-7-14-11-5-9(17(20)21)3-4-10(11)13(16)19/h3-5,7-8H,6H2,1-2H3,(H,15,18). The van der Waals surface area contributed by atoms with Crippen LogP contribution in [0.25, 0.3) is 10.9 Å². The predicted octanol–water partition coefficient (Wildman–Crippen LogP) is 0.829. The molecule has 0 aliphatic heterocycles. The van der Waals surface area contributed by atoms with Crippen molar-refractivity contribution in [2.75, 3.05) is 0 Å². The van der Waals surface area contributed by atoms with Gasteiger partial charge < -0.3 is 5.32 Å². The molecule has 0 aliphatic carbocycles. The molecular weight excluding hydrogens is 276 g/mol. The van der Waals surface area contributed by atoms with E-state index >= 15 is 0 Å². The van der Waals surface area contributed by atoms with Crippen molar-refractivity contribution in [2.24, 2.45) is 0 Å². The maximum atomic E-state index is 12.2. The van der Waals surface area contributed by atoms with Crippen molar-refractivity contribution >= 4 is 22.5 Å². The topological polar surface area (TPSA) is 107 Å². The molecule has 1 heterocycles. The zero-order valence-electron chi connectivity index (χ0n) is 11.6. The van der Waals surface area contributed by atoms with Crippen LogP contribution in [0, 0.1) is 10.1 Å². The molecule has 110 valence electrons. The van der Waals surface area contributed by atoms with Gasteiger partial charge >= 0.3 is 0 Å². The number of hydrogen-bond donors (Lipinski definition) is 1.